The number of benzene rings is 1. The minimum absolute atomic E-state index is 0.0848. The molecule has 6 heteroatoms. The third-order valence-electron chi connectivity index (χ3n) is 2.51. The van der Waals surface area contributed by atoms with Gasteiger partial charge in [-0.25, -0.2) is 0 Å². The molecule has 0 bridgehead atoms. The average molecular weight is 275 g/mol. The summed E-state index contributed by atoms with van der Waals surface area (Å²) in [5, 5.41) is 10.5. The van der Waals surface area contributed by atoms with Crippen molar-refractivity contribution in [1.29, 1.82) is 0 Å². The third-order valence-corrected chi connectivity index (χ3v) is 3.49. The molecule has 1 heterocycles. The zero-order valence-electron chi connectivity index (χ0n) is 10.3. The Kier molecular flexibility index (Phi) is 4.13. The van der Waals surface area contributed by atoms with Gasteiger partial charge in [-0.3, -0.25) is 15.1 Å². The van der Waals surface area contributed by atoms with Crippen LogP contribution >= 0.6 is 11.8 Å². The molecule has 2 aromatic rings. The molecule has 1 aromatic carbocycles. The number of hydrogen-bond acceptors (Lipinski definition) is 5. The van der Waals surface area contributed by atoms with Gasteiger partial charge in [-0.15, -0.1) is 0 Å². The first-order valence-electron chi connectivity index (χ1n) is 5.70. The molecule has 98 valence electrons. The SMILES string of the molecule is C[C@H](N)c1ccc(Sc2ccc([N+](=O)[O-])cc2)cn1. The van der Waals surface area contributed by atoms with Gasteiger partial charge < -0.3 is 5.73 Å². The zero-order valence-corrected chi connectivity index (χ0v) is 11.1. The van der Waals surface area contributed by atoms with Crippen molar-refractivity contribution in [3.63, 3.8) is 0 Å². The van der Waals surface area contributed by atoms with Crippen molar-refractivity contribution in [3.8, 4) is 0 Å². The monoisotopic (exact) mass is 275 g/mol. The third kappa shape index (κ3) is 3.52. The predicted octanol–water partition coefficient (Wildman–Crippen LogP) is 3.16. The van der Waals surface area contributed by atoms with Gasteiger partial charge in [0.25, 0.3) is 5.69 Å². The fourth-order valence-electron chi connectivity index (χ4n) is 1.49. The molecular weight excluding hydrogens is 262 g/mol. The number of nitro groups is 1. The van der Waals surface area contributed by atoms with Crippen LogP contribution in [-0.2, 0) is 0 Å². The van der Waals surface area contributed by atoms with Crippen molar-refractivity contribution in [3.05, 3.63) is 58.4 Å². The van der Waals surface area contributed by atoms with E-state index in [1.807, 2.05) is 19.1 Å². The summed E-state index contributed by atoms with van der Waals surface area (Å²) in [5.74, 6) is 0. The Bertz CT molecular complexity index is 567. The number of nitrogens with zero attached hydrogens (tertiary/aromatic N) is 2. The fraction of sp³-hybridized carbons (Fsp3) is 0.154. The van der Waals surface area contributed by atoms with Gasteiger partial charge in [0.1, 0.15) is 0 Å². The van der Waals surface area contributed by atoms with Gasteiger partial charge in [0.15, 0.2) is 0 Å². The number of pyridine rings is 1. The Balaban J connectivity index is 2.10. The Hall–Kier alpha value is -1.92. The molecule has 2 N–H and O–H groups in total. The molecule has 0 amide bonds. The van der Waals surface area contributed by atoms with Crippen LogP contribution in [-0.4, -0.2) is 9.91 Å². The van der Waals surface area contributed by atoms with Gasteiger partial charge in [-0.1, -0.05) is 11.8 Å². The van der Waals surface area contributed by atoms with Crippen LogP contribution in [0.5, 0.6) is 0 Å². The second kappa shape index (κ2) is 5.81. The molecule has 0 radical (unpaired) electrons. The first kappa shape index (κ1) is 13.5. The van der Waals surface area contributed by atoms with E-state index in [0.717, 1.165) is 15.5 Å². The van der Waals surface area contributed by atoms with Crippen molar-refractivity contribution in [2.45, 2.75) is 22.8 Å². The number of non-ortho nitro benzene ring substituents is 1. The second-order valence-electron chi connectivity index (χ2n) is 4.06. The molecular formula is C13H13N3O2S. The Labute approximate surface area is 115 Å². The molecule has 0 aliphatic carbocycles. The molecule has 2 rings (SSSR count). The van der Waals surface area contributed by atoms with E-state index in [1.165, 1.54) is 23.9 Å². The molecule has 0 saturated carbocycles. The predicted molar refractivity (Wildman–Crippen MR) is 74.1 cm³/mol. The smallest absolute Gasteiger partial charge is 0.269 e. The van der Waals surface area contributed by atoms with E-state index in [2.05, 4.69) is 4.98 Å². The Morgan fingerprint density at radius 1 is 1.21 bits per heavy atom. The number of hydrogen-bond donors (Lipinski definition) is 1. The molecule has 1 atom stereocenters. The van der Waals surface area contributed by atoms with Crippen molar-refractivity contribution in [2.75, 3.05) is 0 Å². The van der Waals surface area contributed by atoms with Crippen LogP contribution in [0.4, 0.5) is 5.69 Å². The van der Waals surface area contributed by atoms with Crippen LogP contribution < -0.4 is 5.73 Å². The van der Waals surface area contributed by atoms with Gasteiger partial charge >= 0.3 is 0 Å². The van der Waals surface area contributed by atoms with E-state index in [4.69, 9.17) is 5.73 Å². The molecule has 0 aliphatic heterocycles. The lowest BCUT2D eigenvalue weighted by Crippen LogP contribution is -2.06. The van der Waals surface area contributed by atoms with Gasteiger partial charge in [0.05, 0.1) is 10.6 Å². The Morgan fingerprint density at radius 3 is 2.32 bits per heavy atom. The second-order valence-corrected chi connectivity index (χ2v) is 5.21. The van der Waals surface area contributed by atoms with Crippen molar-refractivity contribution in [1.82, 2.24) is 4.98 Å². The summed E-state index contributed by atoms with van der Waals surface area (Å²) >= 11 is 1.50. The first-order valence-corrected chi connectivity index (χ1v) is 6.52. The summed E-state index contributed by atoms with van der Waals surface area (Å²) in [4.78, 5) is 16.3. The largest absolute Gasteiger partial charge is 0.323 e. The zero-order chi connectivity index (χ0) is 13.8. The summed E-state index contributed by atoms with van der Waals surface area (Å²) in [6, 6.07) is 10.2. The molecule has 19 heavy (non-hydrogen) atoms. The van der Waals surface area contributed by atoms with Crippen LogP contribution in [0.3, 0.4) is 0 Å². The molecule has 0 spiro atoms. The lowest BCUT2D eigenvalue weighted by Gasteiger charge is -2.05. The highest BCUT2D eigenvalue weighted by Gasteiger charge is 2.06. The van der Waals surface area contributed by atoms with Crippen molar-refractivity contribution < 1.29 is 4.92 Å². The summed E-state index contributed by atoms with van der Waals surface area (Å²) in [5.41, 5.74) is 6.66. The van der Waals surface area contributed by atoms with Crippen LogP contribution in [0.1, 0.15) is 18.7 Å². The highest BCUT2D eigenvalue weighted by molar-refractivity contribution is 7.99. The fourth-order valence-corrected chi connectivity index (χ4v) is 2.28. The van der Waals surface area contributed by atoms with Gasteiger partial charge in [0, 0.05) is 34.2 Å². The highest BCUT2D eigenvalue weighted by atomic mass is 32.2. The van der Waals surface area contributed by atoms with Crippen LogP contribution in [0.25, 0.3) is 0 Å². The number of rotatable bonds is 4. The maximum atomic E-state index is 10.5. The van der Waals surface area contributed by atoms with Gasteiger partial charge in [0.2, 0.25) is 0 Å². The number of nitrogens with two attached hydrogens (primary N) is 1. The van der Waals surface area contributed by atoms with E-state index in [0.29, 0.717) is 0 Å². The molecule has 0 fully saturated rings. The minimum atomic E-state index is -0.409. The van der Waals surface area contributed by atoms with E-state index in [-0.39, 0.29) is 11.7 Å². The summed E-state index contributed by atoms with van der Waals surface area (Å²) < 4.78 is 0. The lowest BCUT2D eigenvalue weighted by atomic mass is 10.2. The van der Waals surface area contributed by atoms with Crippen LogP contribution in [0.2, 0.25) is 0 Å². The summed E-state index contributed by atoms with van der Waals surface area (Å²) in [6.45, 7) is 1.88. The normalized spacial score (nSPS) is 12.1. The maximum Gasteiger partial charge on any atom is 0.269 e. The minimum Gasteiger partial charge on any atom is -0.323 e. The van der Waals surface area contributed by atoms with Crippen LogP contribution in [0.15, 0.2) is 52.4 Å². The lowest BCUT2D eigenvalue weighted by molar-refractivity contribution is -0.384. The number of nitro benzene ring substituents is 1. The number of aromatic nitrogens is 1. The highest BCUT2D eigenvalue weighted by Crippen LogP contribution is 2.28. The van der Waals surface area contributed by atoms with E-state index in [1.54, 1.807) is 18.3 Å². The topological polar surface area (TPSA) is 82.0 Å². The maximum absolute atomic E-state index is 10.5. The standard InChI is InChI=1S/C13H13N3O2S/c1-9(14)13-7-6-12(8-15-13)19-11-4-2-10(3-5-11)16(17)18/h2-9H,14H2,1H3/t9-/m0/s1. The van der Waals surface area contributed by atoms with Crippen molar-refractivity contribution in [2.24, 2.45) is 5.73 Å². The molecule has 0 saturated heterocycles. The molecule has 0 aliphatic rings. The summed E-state index contributed by atoms with van der Waals surface area (Å²) in [6.07, 6.45) is 1.75. The van der Waals surface area contributed by atoms with E-state index in [9.17, 15) is 10.1 Å². The van der Waals surface area contributed by atoms with Crippen LogP contribution in [0, 0.1) is 10.1 Å². The van der Waals surface area contributed by atoms with E-state index < -0.39 is 4.92 Å². The molecule has 1 aromatic heterocycles. The summed E-state index contributed by atoms with van der Waals surface area (Å²) in [7, 11) is 0. The van der Waals surface area contributed by atoms with Gasteiger partial charge in [-0.2, -0.15) is 0 Å². The van der Waals surface area contributed by atoms with Crippen molar-refractivity contribution >= 4 is 17.4 Å². The average Bonchev–Trinajstić information content (AvgIpc) is 2.40. The molecule has 5 nitrogen and oxygen atoms in total. The first-order chi connectivity index (χ1) is 9.06. The molecule has 0 unspecified atom stereocenters. The van der Waals surface area contributed by atoms with Gasteiger partial charge in [-0.05, 0) is 31.2 Å². The quantitative estimate of drug-likeness (QED) is 0.684. The Morgan fingerprint density at radius 2 is 1.84 bits per heavy atom. The van der Waals surface area contributed by atoms with E-state index >= 15 is 0 Å².